The lowest BCUT2D eigenvalue weighted by molar-refractivity contribution is 0.308. The highest BCUT2D eigenvalue weighted by atomic mass is 14.9. The molecule has 0 radical (unpaired) electrons. The molecule has 1 saturated heterocycles. The van der Waals surface area contributed by atoms with Gasteiger partial charge >= 0.3 is 0 Å². The zero-order valence-electron chi connectivity index (χ0n) is 7.27. The third kappa shape index (κ3) is 2.77. The van der Waals surface area contributed by atoms with Gasteiger partial charge in [0.05, 0.1) is 0 Å². The van der Waals surface area contributed by atoms with E-state index in [2.05, 4.69) is 10.6 Å². The first-order chi connectivity index (χ1) is 5.34. The van der Waals surface area contributed by atoms with Gasteiger partial charge in [-0.15, -0.1) is 0 Å². The second-order valence-corrected chi connectivity index (χ2v) is 3.31. The van der Waals surface area contributed by atoms with E-state index in [4.69, 9.17) is 5.73 Å². The monoisotopic (exact) mass is 157 g/mol. The van der Waals surface area contributed by atoms with Crippen LogP contribution in [0.4, 0.5) is 0 Å². The summed E-state index contributed by atoms with van der Waals surface area (Å²) >= 11 is 0. The Bertz CT molecular complexity index is 106. The van der Waals surface area contributed by atoms with Crippen LogP contribution in [0.1, 0.15) is 12.8 Å². The van der Waals surface area contributed by atoms with E-state index in [9.17, 15) is 0 Å². The van der Waals surface area contributed by atoms with Crippen LogP contribution in [0.15, 0.2) is 0 Å². The molecule has 3 heteroatoms. The van der Waals surface area contributed by atoms with Crippen LogP contribution in [-0.4, -0.2) is 32.7 Å². The molecular weight excluding hydrogens is 138 g/mol. The fraction of sp³-hybridized carbons (Fsp3) is 1.00. The van der Waals surface area contributed by atoms with Crippen LogP contribution in [0.3, 0.4) is 0 Å². The second kappa shape index (κ2) is 4.70. The van der Waals surface area contributed by atoms with E-state index in [0.29, 0.717) is 12.0 Å². The van der Waals surface area contributed by atoms with Gasteiger partial charge in [0.1, 0.15) is 0 Å². The molecule has 1 fully saturated rings. The highest BCUT2D eigenvalue weighted by molar-refractivity contribution is 4.80. The second-order valence-electron chi connectivity index (χ2n) is 3.31. The Morgan fingerprint density at radius 3 is 3.09 bits per heavy atom. The molecule has 0 aromatic rings. The summed E-state index contributed by atoms with van der Waals surface area (Å²) in [6.07, 6.45) is 2.33. The maximum atomic E-state index is 5.95. The molecule has 0 aromatic heterocycles. The summed E-state index contributed by atoms with van der Waals surface area (Å²) in [4.78, 5) is 0. The van der Waals surface area contributed by atoms with Crippen molar-refractivity contribution < 1.29 is 0 Å². The fourth-order valence-electron chi connectivity index (χ4n) is 1.59. The number of nitrogens with two attached hydrogens (primary N) is 1. The van der Waals surface area contributed by atoms with Crippen LogP contribution < -0.4 is 16.4 Å². The first-order valence-electron chi connectivity index (χ1n) is 4.45. The Kier molecular flexibility index (Phi) is 3.83. The SMILES string of the molecule is CNCCC1CNCCC1N. The Hall–Kier alpha value is -0.120. The highest BCUT2D eigenvalue weighted by Gasteiger charge is 2.20. The maximum absolute atomic E-state index is 5.95. The van der Waals surface area contributed by atoms with E-state index in [0.717, 1.165) is 26.1 Å². The van der Waals surface area contributed by atoms with Crippen molar-refractivity contribution in [3.8, 4) is 0 Å². The van der Waals surface area contributed by atoms with Gasteiger partial charge in [0.2, 0.25) is 0 Å². The third-order valence-electron chi connectivity index (χ3n) is 2.43. The van der Waals surface area contributed by atoms with Crippen LogP contribution in [-0.2, 0) is 0 Å². The standard InChI is InChI=1S/C8H19N3/c1-10-4-2-7-6-11-5-3-8(7)9/h7-8,10-11H,2-6,9H2,1H3. The van der Waals surface area contributed by atoms with Gasteiger partial charge in [-0.1, -0.05) is 0 Å². The highest BCUT2D eigenvalue weighted by Crippen LogP contribution is 2.11. The molecule has 4 N–H and O–H groups in total. The summed E-state index contributed by atoms with van der Waals surface area (Å²) in [6, 6.07) is 0.421. The number of piperidine rings is 1. The molecule has 1 aliphatic heterocycles. The van der Waals surface area contributed by atoms with E-state index in [-0.39, 0.29) is 0 Å². The Labute approximate surface area is 68.7 Å². The molecule has 0 aliphatic carbocycles. The molecule has 11 heavy (non-hydrogen) atoms. The van der Waals surface area contributed by atoms with E-state index in [1.165, 1.54) is 6.42 Å². The molecule has 2 unspecified atom stereocenters. The van der Waals surface area contributed by atoms with Gasteiger partial charge in [-0.2, -0.15) is 0 Å². The van der Waals surface area contributed by atoms with Gasteiger partial charge in [0, 0.05) is 6.04 Å². The summed E-state index contributed by atoms with van der Waals surface area (Å²) in [5.41, 5.74) is 5.95. The zero-order chi connectivity index (χ0) is 8.10. The topological polar surface area (TPSA) is 50.1 Å². The third-order valence-corrected chi connectivity index (χ3v) is 2.43. The Balaban J connectivity index is 2.18. The molecule has 0 aromatic carbocycles. The van der Waals surface area contributed by atoms with Gasteiger partial charge in [0.15, 0.2) is 0 Å². The molecular formula is C8H19N3. The summed E-state index contributed by atoms with van der Waals surface area (Å²) < 4.78 is 0. The number of hydrogen-bond acceptors (Lipinski definition) is 3. The number of hydrogen-bond donors (Lipinski definition) is 3. The minimum Gasteiger partial charge on any atom is -0.327 e. The zero-order valence-corrected chi connectivity index (χ0v) is 7.27. The minimum atomic E-state index is 0.421. The van der Waals surface area contributed by atoms with Gasteiger partial charge in [-0.25, -0.2) is 0 Å². The normalized spacial score (nSPS) is 32.2. The molecule has 0 bridgehead atoms. The van der Waals surface area contributed by atoms with Crippen molar-refractivity contribution in [2.45, 2.75) is 18.9 Å². The van der Waals surface area contributed by atoms with Crippen molar-refractivity contribution in [2.75, 3.05) is 26.7 Å². The van der Waals surface area contributed by atoms with Gasteiger partial charge in [-0.05, 0) is 45.4 Å². The summed E-state index contributed by atoms with van der Waals surface area (Å²) in [7, 11) is 1.99. The van der Waals surface area contributed by atoms with E-state index in [1.54, 1.807) is 0 Å². The van der Waals surface area contributed by atoms with Crippen LogP contribution in [0.2, 0.25) is 0 Å². The molecule has 1 rings (SSSR count). The summed E-state index contributed by atoms with van der Waals surface area (Å²) in [5, 5.41) is 6.52. The Morgan fingerprint density at radius 2 is 2.45 bits per heavy atom. The average molecular weight is 157 g/mol. The maximum Gasteiger partial charge on any atom is 0.00918 e. The lowest BCUT2D eigenvalue weighted by atomic mass is 9.91. The predicted molar refractivity (Wildman–Crippen MR) is 47.5 cm³/mol. The smallest absolute Gasteiger partial charge is 0.00918 e. The fourth-order valence-corrected chi connectivity index (χ4v) is 1.59. The van der Waals surface area contributed by atoms with Crippen molar-refractivity contribution in [1.29, 1.82) is 0 Å². The van der Waals surface area contributed by atoms with E-state index in [1.807, 2.05) is 7.05 Å². The van der Waals surface area contributed by atoms with Crippen molar-refractivity contribution in [2.24, 2.45) is 11.7 Å². The van der Waals surface area contributed by atoms with Gasteiger partial charge < -0.3 is 16.4 Å². The van der Waals surface area contributed by atoms with Crippen LogP contribution >= 0.6 is 0 Å². The number of rotatable bonds is 3. The lowest BCUT2D eigenvalue weighted by Gasteiger charge is -2.29. The first-order valence-corrected chi connectivity index (χ1v) is 4.45. The predicted octanol–water partition coefficient (Wildman–Crippen LogP) is -0.467. The molecule has 2 atom stereocenters. The minimum absolute atomic E-state index is 0.421. The van der Waals surface area contributed by atoms with Crippen LogP contribution in [0.25, 0.3) is 0 Å². The molecule has 0 amide bonds. The van der Waals surface area contributed by atoms with Crippen molar-refractivity contribution in [1.82, 2.24) is 10.6 Å². The summed E-state index contributed by atoms with van der Waals surface area (Å²) in [6.45, 7) is 3.28. The largest absolute Gasteiger partial charge is 0.327 e. The van der Waals surface area contributed by atoms with Crippen molar-refractivity contribution in [3.05, 3.63) is 0 Å². The Morgan fingerprint density at radius 1 is 1.64 bits per heavy atom. The lowest BCUT2D eigenvalue weighted by Crippen LogP contribution is -2.45. The number of nitrogens with one attached hydrogen (secondary N) is 2. The van der Waals surface area contributed by atoms with Gasteiger partial charge in [-0.3, -0.25) is 0 Å². The van der Waals surface area contributed by atoms with Crippen LogP contribution in [0.5, 0.6) is 0 Å². The molecule has 66 valence electrons. The summed E-state index contributed by atoms with van der Waals surface area (Å²) in [5.74, 6) is 0.677. The molecule has 1 aliphatic rings. The molecule has 3 nitrogen and oxygen atoms in total. The molecule has 0 saturated carbocycles. The van der Waals surface area contributed by atoms with Gasteiger partial charge in [0.25, 0.3) is 0 Å². The van der Waals surface area contributed by atoms with E-state index < -0.39 is 0 Å². The quantitative estimate of drug-likeness (QED) is 0.519. The molecule has 1 heterocycles. The van der Waals surface area contributed by atoms with E-state index >= 15 is 0 Å². The van der Waals surface area contributed by atoms with Crippen LogP contribution in [0, 0.1) is 5.92 Å². The first kappa shape index (κ1) is 8.97. The average Bonchev–Trinajstić information content (AvgIpc) is 2.03. The molecule has 0 spiro atoms. The van der Waals surface area contributed by atoms with Crippen molar-refractivity contribution >= 4 is 0 Å². The van der Waals surface area contributed by atoms with Crippen molar-refractivity contribution in [3.63, 3.8) is 0 Å².